The summed E-state index contributed by atoms with van der Waals surface area (Å²) in [5.41, 5.74) is 0.983. The van der Waals surface area contributed by atoms with Crippen molar-refractivity contribution in [2.24, 2.45) is 0 Å². The van der Waals surface area contributed by atoms with Crippen LogP contribution in [0.15, 0.2) is 24.3 Å². The molecule has 0 spiro atoms. The Bertz CT molecular complexity index is 475. The number of benzene rings is 1. The van der Waals surface area contributed by atoms with Gasteiger partial charge in [-0.2, -0.15) is 0 Å². The number of nitrogens with zero attached hydrogens (tertiary/aromatic N) is 1. The number of nitrogens with one attached hydrogen (secondary N) is 1. The van der Waals surface area contributed by atoms with Crippen molar-refractivity contribution in [1.29, 1.82) is 0 Å². The number of hydrogen-bond donors (Lipinski definition) is 1. The molecule has 4 nitrogen and oxygen atoms in total. The van der Waals surface area contributed by atoms with E-state index in [2.05, 4.69) is 10.2 Å². The highest BCUT2D eigenvalue weighted by atomic mass is 16.5. The zero-order valence-electron chi connectivity index (χ0n) is 12.0. The summed E-state index contributed by atoms with van der Waals surface area (Å²) in [5.74, 6) is 1.05. The van der Waals surface area contributed by atoms with Crippen molar-refractivity contribution in [2.75, 3.05) is 20.2 Å². The quantitative estimate of drug-likeness (QED) is 0.910. The van der Waals surface area contributed by atoms with Crippen LogP contribution in [0.1, 0.15) is 24.8 Å². The van der Waals surface area contributed by atoms with Gasteiger partial charge in [-0.15, -0.1) is 0 Å². The predicted molar refractivity (Wildman–Crippen MR) is 77.8 cm³/mol. The van der Waals surface area contributed by atoms with E-state index in [1.54, 1.807) is 7.11 Å². The van der Waals surface area contributed by atoms with E-state index in [-0.39, 0.29) is 5.91 Å². The first kappa shape index (κ1) is 13.4. The van der Waals surface area contributed by atoms with Gasteiger partial charge in [-0.25, -0.2) is 0 Å². The Kier molecular flexibility index (Phi) is 3.92. The van der Waals surface area contributed by atoms with Gasteiger partial charge in [0.1, 0.15) is 5.75 Å². The Hall–Kier alpha value is -1.55. The van der Waals surface area contributed by atoms with Crippen LogP contribution in [0, 0.1) is 0 Å². The molecular formula is C16H22N2O2. The third-order valence-electron chi connectivity index (χ3n) is 4.48. The van der Waals surface area contributed by atoms with E-state index in [0.29, 0.717) is 18.5 Å². The van der Waals surface area contributed by atoms with E-state index >= 15 is 0 Å². The summed E-state index contributed by atoms with van der Waals surface area (Å²) in [7, 11) is 1.66. The van der Waals surface area contributed by atoms with Crippen LogP contribution in [0.3, 0.4) is 0 Å². The van der Waals surface area contributed by atoms with Gasteiger partial charge in [0.25, 0.3) is 0 Å². The smallest absolute Gasteiger partial charge is 0.227 e. The largest absolute Gasteiger partial charge is 0.496 e. The normalized spacial score (nSPS) is 25.4. The zero-order valence-corrected chi connectivity index (χ0v) is 12.0. The average Bonchev–Trinajstić information content (AvgIpc) is 2.72. The third-order valence-corrected chi connectivity index (χ3v) is 4.48. The molecule has 1 amide bonds. The first-order valence-electron chi connectivity index (χ1n) is 7.43. The summed E-state index contributed by atoms with van der Waals surface area (Å²) < 4.78 is 5.34. The van der Waals surface area contributed by atoms with E-state index in [4.69, 9.17) is 4.74 Å². The van der Waals surface area contributed by atoms with Crippen molar-refractivity contribution in [1.82, 2.24) is 10.2 Å². The Morgan fingerprint density at radius 2 is 2.10 bits per heavy atom. The predicted octanol–water partition coefficient (Wildman–Crippen LogP) is 1.59. The van der Waals surface area contributed by atoms with Crippen molar-refractivity contribution in [3.8, 4) is 5.75 Å². The lowest BCUT2D eigenvalue weighted by Crippen LogP contribution is -2.43. The van der Waals surface area contributed by atoms with E-state index in [1.807, 2.05) is 24.3 Å². The van der Waals surface area contributed by atoms with Gasteiger partial charge >= 0.3 is 0 Å². The highest BCUT2D eigenvalue weighted by Crippen LogP contribution is 2.29. The van der Waals surface area contributed by atoms with Gasteiger partial charge in [0, 0.05) is 24.2 Å². The second-order valence-electron chi connectivity index (χ2n) is 5.67. The van der Waals surface area contributed by atoms with Crippen LogP contribution in [0.25, 0.3) is 0 Å². The number of amides is 1. The summed E-state index contributed by atoms with van der Waals surface area (Å²) in [6.07, 6.45) is 3.81. The van der Waals surface area contributed by atoms with E-state index in [0.717, 1.165) is 43.7 Å². The molecule has 2 unspecified atom stereocenters. The van der Waals surface area contributed by atoms with Gasteiger partial charge < -0.3 is 15.0 Å². The fourth-order valence-electron chi connectivity index (χ4n) is 3.49. The fraction of sp³-hybridized carbons (Fsp3) is 0.562. The van der Waals surface area contributed by atoms with Crippen molar-refractivity contribution in [3.05, 3.63) is 29.8 Å². The molecule has 1 aromatic rings. The number of carbonyl (C=O) groups is 1. The number of methoxy groups -OCH3 is 1. The Morgan fingerprint density at radius 1 is 1.30 bits per heavy atom. The van der Waals surface area contributed by atoms with Crippen LogP contribution in [-0.4, -0.2) is 43.1 Å². The summed E-state index contributed by atoms with van der Waals surface area (Å²) in [4.78, 5) is 14.8. The summed E-state index contributed by atoms with van der Waals surface area (Å²) in [6.45, 7) is 1.97. The molecule has 108 valence electrons. The molecule has 2 aliphatic heterocycles. The molecule has 2 saturated heterocycles. The van der Waals surface area contributed by atoms with Gasteiger partial charge in [0.15, 0.2) is 0 Å². The molecular weight excluding hydrogens is 252 g/mol. The minimum Gasteiger partial charge on any atom is -0.496 e. The Labute approximate surface area is 120 Å². The fourth-order valence-corrected chi connectivity index (χ4v) is 3.49. The lowest BCUT2D eigenvalue weighted by atomic mass is 10.1. The molecule has 1 N–H and O–H groups in total. The molecule has 2 bridgehead atoms. The summed E-state index contributed by atoms with van der Waals surface area (Å²) in [6, 6.07) is 8.60. The number of carbonyl (C=O) groups excluding carboxylic acids is 1. The molecule has 0 radical (unpaired) electrons. The first-order valence-corrected chi connectivity index (χ1v) is 7.43. The van der Waals surface area contributed by atoms with Gasteiger partial charge in [-0.3, -0.25) is 4.79 Å². The molecule has 20 heavy (non-hydrogen) atoms. The van der Waals surface area contributed by atoms with Gasteiger partial charge in [-0.05, 0) is 31.9 Å². The average molecular weight is 274 g/mol. The van der Waals surface area contributed by atoms with Gasteiger partial charge in [0.05, 0.1) is 13.5 Å². The maximum Gasteiger partial charge on any atom is 0.227 e. The minimum absolute atomic E-state index is 0.241. The molecule has 0 saturated carbocycles. The van der Waals surface area contributed by atoms with E-state index in [9.17, 15) is 4.79 Å². The number of ether oxygens (including phenoxy) is 1. The molecule has 3 rings (SSSR count). The Morgan fingerprint density at radius 3 is 2.95 bits per heavy atom. The van der Waals surface area contributed by atoms with Crippen LogP contribution in [0.2, 0.25) is 0 Å². The zero-order chi connectivity index (χ0) is 13.9. The summed E-state index contributed by atoms with van der Waals surface area (Å²) >= 11 is 0. The van der Waals surface area contributed by atoms with Crippen molar-refractivity contribution in [2.45, 2.75) is 37.8 Å². The van der Waals surface area contributed by atoms with Crippen LogP contribution >= 0.6 is 0 Å². The second kappa shape index (κ2) is 5.83. The molecule has 1 aromatic carbocycles. The molecule has 0 aromatic heterocycles. The minimum atomic E-state index is 0.241. The second-order valence-corrected chi connectivity index (χ2v) is 5.67. The first-order chi connectivity index (χ1) is 9.79. The number of hydrogen-bond acceptors (Lipinski definition) is 3. The van der Waals surface area contributed by atoms with Crippen LogP contribution in [0.4, 0.5) is 0 Å². The number of fused-ring (bicyclic) bond motifs is 2. The highest BCUT2D eigenvalue weighted by molar-refractivity contribution is 5.80. The molecule has 2 heterocycles. The van der Waals surface area contributed by atoms with Crippen LogP contribution in [-0.2, 0) is 11.2 Å². The van der Waals surface area contributed by atoms with Gasteiger partial charge in [-0.1, -0.05) is 18.2 Å². The van der Waals surface area contributed by atoms with Gasteiger partial charge in [0.2, 0.25) is 5.91 Å². The third kappa shape index (κ3) is 2.52. The molecule has 0 aliphatic carbocycles. The van der Waals surface area contributed by atoms with Crippen LogP contribution < -0.4 is 10.1 Å². The van der Waals surface area contributed by atoms with Crippen molar-refractivity contribution >= 4 is 5.91 Å². The molecule has 2 aliphatic rings. The molecule has 2 fully saturated rings. The maximum atomic E-state index is 12.7. The highest BCUT2D eigenvalue weighted by Gasteiger charge is 2.37. The Balaban J connectivity index is 1.76. The standard InChI is InChI=1S/C16H22N2O2/c1-20-15-5-3-2-4-12(15)10-16(19)18-13-6-7-14(18)11-17-9-8-13/h2-5,13-14,17H,6-11H2,1H3. The van der Waals surface area contributed by atoms with E-state index in [1.165, 1.54) is 0 Å². The van der Waals surface area contributed by atoms with E-state index < -0.39 is 0 Å². The number of rotatable bonds is 3. The van der Waals surface area contributed by atoms with Crippen molar-refractivity contribution in [3.63, 3.8) is 0 Å². The monoisotopic (exact) mass is 274 g/mol. The van der Waals surface area contributed by atoms with Crippen molar-refractivity contribution < 1.29 is 9.53 Å². The topological polar surface area (TPSA) is 41.6 Å². The van der Waals surface area contributed by atoms with Crippen LogP contribution in [0.5, 0.6) is 5.75 Å². The maximum absolute atomic E-state index is 12.7. The number of para-hydroxylation sites is 1. The molecule has 4 heteroatoms. The lowest BCUT2D eigenvalue weighted by Gasteiger charge is -2.28. The summed E-state index contributed by atoms with van der Waals surface area (Å²) in [5, 5.41) is 3.43. The SMILES string of the molecule is COc1ccccc1CC(=O)N1C2CCNCC1CC2. The lowest BCUT2D eigenvalue weighted by molar-refractivity contribution is -0.133. The molecule has 2 atom stereocenters.